The van der Waals surface area contributed by atoms with E-state index in [0.29, 0.717) is 0 Å². The Morgan fingerprint density at radius 3 is 1.42 bits per heavy atom. The molecular weight excluding hydrogens is 1100 g/mol. The van der Waals surface area contributed by atoms with Crippen molar-refractivity contribution in [3.05, 3.63) is 225 Å². The summed E-state index contributed by atoms with van der Waals surface area (Å²) in [6.45, 7) is 0. The van der Waals surface area contributed by atoms with Crippen LogP contribution in [-0.2, 0) is 0 Å². The number of hydrogen-bond donors (Lipinski definition) is 0. The van der Waals surface area contributed by atoms with Crippen LogP contribution >= 0.6 is 11.3 Å². The normalized spacial score (nSPS) is 11.1. The first-order valence-corrected chi connectivity index (χ1v) is 29.8. The van der Waals surface area contributed by atoms with Crippen LogP contribution < -0.4 is 0 Å². The molecule has 0 aliphatic heterocycles. The van der Waals surface area contributed by atoms with E-state index in [-0.39, 0.29) is 0 Å². The van der Waals surface area contributed by atoms with Gasteiger partial charge in [0.15, 0.2) is 0 Å². The molecule has 0 aliphatic rings. The van der Waals surface area contributed by atoms with E-state index in [1.807, 2.05) is 127 Å². The summed E-state index contributed by atoms with van der Waals surface area (Å²) in [7, 11) is 0. The van der Waals surface area contributed by atoms with Crippen LogP contribution in [-0.4, -0.2) is 116 Å². The molecular formula is C55H38Ga3N14S. The fourth-order valence-electron chi connectivity index (χ4n) is 8.57. The zero-order valence-corrected chi connectivity index (χ0v) is 47.5. The molecule has 18 heteroatoms. The number of fused-ring (bicyclic) bond motifs is 4. The molecule has 0 spiro atoms. The zero-order chi connectivity index (χ0) is 48.9. The van der Waals surface area contributed by atoms with E-state index in [1.54, 1.807) is 29.9 Å². The van der Waals surface area contributed by atoms with Crippen LogP contribution in [0.2, 0.25) is 0 Å². The summed E-state index contributed by atoms with van der Waals surface area (Å²) < 4.78 is 11.4. The molecule has 14 nitrogen and oxygen atoms in total. The second-order valence-electron chi connectivity index (χ2n) is 16.6. The Morgan fingerprint density at radius 2 is 0.890 bits per heavy atom. The average molecular weight is 1140 g/mol. The molecule has 0 unspecified atom stereocenters. The minimum atomic E-state index is -1.24. The van der Waals surface area contributed by atoms with Gasteiger partial charge in [0, 0.05) is 0 Å². The second-order valence-corrected chi connectivity index (χ2v) is 24.2. The molecule has 0 amide bonds. The molecule has 0 atom stereocenters. The van der Waals surface area contributed by atoms with Gasteiger partial charge < -0.3 is 0 Å². The van der Waals surface area contributed by atoms with Gasteiger partial charge in [0.25, 0.3) is 0 Å². The standard InChI is InChI=1S/C16H10N3.C12H8N3.C11H7N2S.2C8H6N3.3Ga.H/c1-2-6-12-10-17-15(9-11(12)5-1)16-18-13-7-3-4-8-14(13)19-16;1-2-6-10-9(5-1)14-12(15-10)11-7-3-4-8-13-11;1-2-4-9-8(3-1)7-10(13-9)11-12-5-6-14-11;2*1-2-4-9-7(3-1)8-10-5-6-11-8;;;;/h1-10H;1-8H;1-7H;2*1-6H;;;;/q5*-1;+1;2*+2;. The summed E-state index contributed by atoms with van der Waals surface area (Å²) in [4.78, 5) is 41.5. The monoisotopic (exact) mass is 1130 g/mol. The van der Waals surface area contributed by atoms with E-state index < -0.39 is 35.8 Å². The summed E-state index contributed by atoms with van der Waals surface area (Å²) in [5, 5.41) is 6.71. The SMILES string of the molecule is [GaH][n]1c(-c2nccs2)cc2ccccc21.c1ccc(-c2ncc[n]2[Ga][n]2c(-c3cc4ccccc4cn3)nc3ccccc32)nc1.c1ccc(-c2ncc[n]2[Ga][n]2c(-c3ccccn3)nc3ccccc32)nc1. The van der Waals surface area contributed by atoms with Crippen LogP contribution in [0.25, 0.3) is 101 Å². The summed E-state index contributed by atoms with van der Waals surface area (Å²) in [6, 6.07) is 55.3. The third-order valence-corrected chi connectivity index (χ3v) is 20.2. The summed E-state index contributed by atoms with van der Waals surface area (Å²) >= 11 is 0.371. The van der Waals surface area contributed by atoms with Crippen LogP contribution in [0.4, 0.5) is 0 Å². The Labute approximate surface area is 449 Å². The van der Waals surface area contributed by atoms with Crippen molar-refractivity contribution in [1.29, 1.82) is 0 Å². The molecule has 14 aromatic rings. The molecule has 0 N–H and O–H groups in total. The van der Waals surface area contributed by atoms with Gasteiger partial charge in [0.05, 0.1) is 0 Å². The Bertz CT molecular complexity index is 4130. The van der Waals surface area contributed by atoms with Crippen molar-refractivity contribution >= 4 is 110 Å². The number of para-hydroxylation sites is 5. The fraction of sp³-hybridized carbons (Fsp3) is 0. The van der Waals surface area contributed by atoms with Crippen molar-refractivity contribution in [2.45, 2.75) is 0 Å². The summed E-state index contributed by atoms with van der Waals surface area (Å²) in [6.07, 6.45) is 16.9. The zero-order valence-electron chi connectivity index (χ0n) is 38.9. The van der Waals surface area contributed by atoms with Crippen molar-refractivity contribution < 1.29 is 0 Å². The fourth-order valence-corrected chi connectivity index (χ4v) is 16.3. The van der Waals surface area contributed by atoms with Crippen molar-refractivity contribution in [3.8, 4) is 56.8 Å². The van der Waals surface area contributed by atoms with Gasteiger partial charge in [-0.2, -0.15) is 0 Å². The van der Waals surface area contributed by atoms with Gasteiger partial charge in [0.1, 0.15) is 0 Å². The number of pyridine rings is 4. The maximum absolute atomic E-state index is 4.96. The third-order valence-electron chi connectivity index (χ3n) is 12.0. The molecule has 0 fully saturated rings. The molecule has 3 radical (unpaired) electrons. The van der Waals surface area contributed by atoms with E-state index in [9.17, 15) is 0 Å². The Morgan fingerprint density at radius 1 is 0.397 bits per heavy atom. The van der Waals surface area contributed by atoms with E-state index >= 15 is 0 Å². The number of imidazole rings is 4. The number of aromatic nitrogens is 14. The molecule has 0 aliphatic carbocycles. The van der Waals surface area contributed by atoms with E-state index in [4.69, 9.17) is 15.0 Å². The summed E-state index contributed by atoms with van der Waals surface area (Å²) in [5.74, 6) is 3.57. The van der Waals surface area contributed by atoms with Crippen molar-refractivity contribution in [2.24, 2.45) is 0 Å². The van der Waals surface area contributed by atoms with Gasteiger partial charge in [-0.1, -0.05) is 0 Å². The van der Waals surface area contributed by atoms with Gasteiger partial charge >= 0.3 is 453 Å². The molecule has 4 aromatic carbocycles. The molecule has 0 saturated heterocycles. The van der Waals surface area contributed by atoms with Gasteiger partial charge in [-0.15, -0.1) is 0 Å². The molecule has 73 heavy (non-hydrogen) atoms. The number of nitrogens with zero attached hydrogens (tertiary/aromatic N) is 14. The number of rotatable bonds is 9. The third kappa shape index (κ3) is 9.67. The first kappa shape index (κ1) is 46.3. The number of hydrogen-bond acceptors (Lipinski definition) is 10. The maximum atomic E-state index is 4.96. The van der Waals surface area contributed by atoms with Gasteiger partial charge in [-0.25, -0.2) is 0 Å². The second kappa shape index (κ2) is 21.1. The molecule has 0 saturated carbocycles. The number of benzene rings is 4. The Balaban J connectivity index is 0.000000118. The molecule has 0 bridgehead atoms. The van der Waals surface area contributed by atoms with E-state index in [0.717, 1.165) is 103 Å². The average Bonchev–Trinajstić information content (AvgIpc) is 4.35. The molecule has 10 heterocycles. The summed E-state index contributed by atoms with van der Waals surface area (Å²) in [5.41, 5.74) is 10.3. The molecule has 343 valence electrons. The molecule has 10 aromatic heterocycles. The Hall–Kier alpha value is -7.82. The van der Waals surface area contributed by atoms with Crippen molar-refractivity contribution in [2.75, 3.05) is 0 Å². The molecule has 14 rings (SSSR count). The quantitative estimate of drug-likeness (QED) is 0.129. The van der Waals surface area contributed by atoms with Crippen LogP contribution in [0.3, 0.4) is 0 Å². The van der Waals surface area contributed by atoms with Crippen molar-refractivity contribution in [3.63, 3.8) is 0 Å². The van der Waals surface area contributed by atoms with Crippen LogP contribution in [0.1, 0.15) is 0 Å². The van der Waals surface area contributed by atoms with E-state index in [1.165, 1.54) is 16.6 Å². The van der Waals surface area contributed by atoms with Crippen LogP contribution in [0.5, 0.6) is 0 Å². The van der Waals surface area contributed by atoms with Gasteiger partial charge in [0.2, 0.25) is 0 Å². The van der Waals surface area contributed by atoms with Crippen molar-refractivity contribution in [1.82, 2.24) is 61.2 Å². The first-order chi connectivity index (χ1) is 36.1. The predicted octanol–water partition coefficient (Wildman–Crippen LogP) is 10.2. The van der Waals surface area contributed by atoms with Crippen LogP contribution in [0, 0.1) is 0 Å². The predicted molar refractivity (Wildman–Crippen MR) is 293 cm³/mol. The van der Waals surface area contributed by atoms with Gasteiger partial charge in [-0.05, 0) is 0 Å². The minimum absolute atomic E-state index is 0.875. The van der Waals surface area contributed by atoms with Crippen LogP contribution in [0.15, 0.2) is 225 Å². The number of thiazole rings is 1. The van der Waals surface area contributed by atoms with Gasteiger partial charge in [-0.3, -0.25) is 0 Å². The van der Waals surface area contributed by atoms with E-state index in [2.05, 4.69) is 125 Å². The topological polar surface area (TPSA) is 141 Å². The Kier molecular flexibility index (Phi) is 13.4. The first-order valence-electron chi connectivity index (χ1n) is 23.2.